The lowest BCUT2D eigenvalue weighted by atomic mass is 10.2. The fourth-order valence-electron chi connectivity index (χ4n) is 2.92. The van der Waals surface area contributed by atoms with Crippen LogP contribution >= 0.6 is 0 Å². The summed E-state index contributed by atoms with van der Waals surface area (Å²) >= 11 is 0. The molecule has 2 aromatic rings. The molecule has 154 valence electrons. The van der Waals surface area contributed by atoms with E-state index in [0.29, 0.717) is 18.8 Å². The zero-order valence-corrected chi connectivity index (χ0v) is 16.6. The molecular weight excluding hydrogens is 399 g/mol. The average molecular weight is 420 g/mol. The van der Waals surface area contributed by atoms with Crippen molar-refractivity contribution in [1.29, 1.82) is 0 Å². The molecular formula is C20H21FN2O5S. The summed E-state index contributed by atoms with van der Waals surface area (Å²) in [6, 6.07) is 10.7. The van der Waals surface area contributed by atoms with Gasteiger partial charge in [0.25, 0.3) is 5.91 Å². The number of anilines is 1. The summed E-state index contributed by atoms with van der Waals surface area (Å²) in [5.41, 5.74) is 0.393. The van der Waals surface area contributed by atoms with E-state index in [0.717, 1.165) is 12.8 Å². The number of halogens is 1. The smallest absolute Gasteiger partial charge is 0.338 e. The van der Waals surface area contributed by atoms with Crippen LogP contribution in [0.1, 0.15) is 30.1 Å². The molecule has 1 saturated heterocycles. The standard InChI is InChI=1S/C20H21FN2O5S/c1-14(19(24)22-17-9-7-16(21)8-10-17)28-20(25)15-5-4-6-18(13-15)29(26,27)23-11-2-3-12-23/h4-10,13-14H,2-3,11-12H2,1H3,(H,22,24). The van der Waals surface area contributed by atoms with E-state index >= 15 is 0 Å². The first-order valence-electron chi connectivity index (χ1n) is 9.15. The zero-order valence-electron chi connectivity index (χ0n) is 15.8. The molecule has 1 N–H and O–H groups in total. The van der Waals surface area contributed by atoms with Crippen LogP contribution in [-0.4, -0.2) is 43.8 Å². The van der Waals surface area contributed by atoms with Crippen LogP contribution in [0.15, 0.2) is 53.4 Å². The van der Waals surface area contributed by atoms with Gasteiger partial charge in [-0.15, -0.1) is 0 Å². The highest BCUT2D eigenvalue weighted by atomic mass is 32.2. The highest BCUT2D eigenvalue weighted by molar-refractivity contribution is 7.89. The van der Waals surface area contributed by atoms with Crippen molar-refractivity contribution in [2.75, 3.05) is 18.4 Å². The number of sulfonamides is 1. The molecule has 1 unspecified atom stereocenters. The Morgan fingerprint density at radius 2 is 1.76 bits per heavy atom. The Labute approximate surface area is 168 Å². The molecule has 0 saturated carbocycles. The second kappa shape index (κ2) is 8.71. The van der Waals surface area contributed by atoms with E-state index in [1.54, 1.807) is 0 Å². The van der Waals surface area contributed by atoms with E-state index in [2.05, 4.69) is 5.32 Å². The molecule has 3 rings (SSSR count). The van der Waals surface area contributed by atoms with Gasteiger partial charge in [0.1, 0.15) is 5.82 Å². The monoisotopic (exact) mass is 420 g/mol. The molecule has 1 atom stereocenters. The van der Waals surface area contributed by atoms with Gasteiger partial charge < -0.3 is 10.1 Å². The quantitative estimate of drug-likeness (QED) is 0.726. The maximum Gasteiger partial charge on any atom is 0.338 e. The molecule has 0 aliphatic carbocycles. The number of carbonyl (C=O) groups excluding carboxylic acids is 2. The number of amides is 1. The third-order valence-corrected chi connectivity index (χ3v) is 6.43. The van der Waals surface area contributed by atoms with Gasteiger partial charge in [0, 0.05) is 18.8 Å². The van der Waals surface area contributed by atoms with Gasteiger partial charge in [-0.3, -0.25) is 4.79 Å². The normalized spacial score (nSPS) is 15.7. The summed E-state index contributed by atoms with van der Waals surface area (Å²) in [4.78, 5) is 24.6. The molecule has 9 heteroatoms. The van der Waals surface area contributed by atoms with Crippen LogP contribution in [-0.2, 0) is 19.6 Å². The van der Waals surface area contributed by atoms with Crippen molar-refractivity contribution in [3.05, 3.63) is 59.9 Å². The van der Waals surface area contributed by atoms with E-state index in [-0.39, 0.29) is 10.5 Å². The molecule has 1 fully saturated rings. The van der Waals surface area contributed by atoms with Crippen molar-refractivity contribution >= 4 is 27.6 Å². The number of nitrogens with one attached hydrogen (secondary N) is 1. The Kier molecular flexibility index (Phi) is 6.29. The molecule has 1 amide bonds. The van der Waals surface area contributed by atoms with Gasteiger partial charge in [0.05, 0.1) is 10.5 Å². The lowest BCUT2D eigenvalue weighted by Gasteiger charge is -2.16. The first kappa shape index (κ1) is 20.9. The van der Waals surface area contributed by atoms with Gasteiger partial charge in [-0.25, -0.2) is 17.6 Å². The molecule has 0 spiro atoms. The Hall–Kier alpha value is -2.78. The second-order valence-corrected chi connectivity index (χ2v) is 8.62. The van der Waals surface area contributed by atoms with E-state index in [4.69, 9.17) is 4.74 Å². The van der Waals surface area contributed by atoms with Crippen molar-refractivity contribution in [3.8, 4) is 0 Å². The minimum atomic E-state index is -3.67. The largest absolute Gasteiger partial charge is 0.449 e. The Bertz CT molecular complexity index is 1000. The van der Waals surface area contributed by atoms with Gasteiger partial charge in [0.2, 0.25) is 10.0 Å². The minimum Gasteiger partial charge on any atom is -0.449 e. The number of benzene rings is 2. The summed E-state index contributed by atoms with van der Waals surface area (Å²) < 4.78 is 44.8. The van der Waals surface area contributed by atoms with Crippen molar-refractivity contribution in [1.82, 2.24) is 4.31 Å². The first-order valence-corrected chi connectivity index (χ1v) is 10.6. The summed E-state index contributed by atoms with van der Waals surface area (Å²) in [5, 5.41) is 2.51. The molecule has 0 aromatic heterocycles. The maximum atomic E-state index is 12.9. The van der Waals surface area contributed by atoms with Crippen LogP contribution in [0, 0.1) is 5.82 Å². The highest BCUT2D eigenvalue weighted by Crippen LogP contribution is 2.22. The Morgan fingerprint density at radius 1 is 1.10 bits per heavy atom. The first-order chi connectivity index (χ1) is 13.8. The third kappa shape index (κ3) is 4.99. The van der Waals surface area contributed by atoms with Crippen LogP contribution in [0.3, 0.4) is 0 Å². The van der Waals surface area contributed by atoms with Crippen molar-refractivity contribution < 1.29 is 27.1 Å². The molecule has 1 aliphatic rings. The zero-order chi connectivity index (χ0) is 21.0. The highest BCUT2D eigenvalue weighted by Gasteiger charge is 2.28. The van der Waals surface area contributed by atoms with E-state index in [1.165, 1.54) is 59.8 Å². The number of carbonyl (C=O) groups is 2. The van der Waals surface area contributed by atoms with E-state index in [1.807, 2.05) is 0 Å². The maximum absolute atomic E-state index is 12.9. The topological polar surface area (TPSA) is 92.8 Å². The third-order valence-electron chi connectivity index (χ3n) is 4.54. The lowest BCUT2D eigenvalue weighted by Crippen LogP contribution is -2.30. The van der Waals surface area contributed by atoms with Gasteiger partial charge in [-0.05, 0) is 62.2 Å². The number of hydrogen-bond donors (Lipinski definition) is 1. The summed E-state index contributed by atoms with van der Waals surface area (Å²) in [6.07, 6.45) is 0.481. The van der Waals surface area contributed by atoms with Crippen molar-refractivity contribution in [2.45, 2.75) is 30.8 Å². The number of hydrogen-bond acceptors (Lipinski definition) is 5. The average Bonchev–Trinajstić information content (AvgIpc) is 3.25. The van der Waals surface area contributed by atoms with Gasteiger partial charge in [-0.2, -0.15) is 4.31 Å². The Balaban J connectivity index is 1.67. The van der Waals surface area contributed by atoms with Gasteiger partial charge in [-0.1, -0.05) is 6.07 Å². The SMILES string of the molecule is CC(OC(=O)c1cccc(S(=O)(=O)N2CCCC2)c1)C(=O)Nc1ccc(F)cc1. The second-order valence-electron chi connectivity index (χ2n) is 6.68. The van der Waals surface area contributed by atoms with Crippen LogP contribution in [0.5, 0.6) is 0 Å². The summed E-state index contributed by atoms with van der Waals surface area (Å²) in [6.45, 7) is 2.30. The van der Waals surface area contributed by atoms with Crippen molar-refractivity contribution in [2.24, 2.45) is 0 Å². The predicted octanol–water partition coefficient (Wildman–Crippen LogP) is 2.79. The number of ether oxygens (including phenoxy) is 1. The molecule has 0 radical (unpaired) electrons. The Morgan fingerprint density at radius 3 is 2.41 bits per heavy atom. The van der Waals surface area contributed by atoms with Gasteiger partial charge >= 0.3 is 5.97 Å². The van der Waals surface area contributed by atoms with Crippen LogP contribution in [0.2, 0.25) is 0 Å². The summed E-state index contributed by atoms with van der Waals surface area (Å²) in [5.74, 6) is -1.85. The number of rotatable bonds is 6. The van der Waals surface area contributed by atoms with Crippen LogP contribution < -0.4 is 5.32 Å². The number of esters is 1. The molecule has 2 aromatic carbocycles. The van der Waals surface area contributed by atoms with Crippen LogP contribution in [0.4, 0.5) is 10.1 Å². The fourth-order valence-corrected chi connectivity index (χ4v) is 4.48. The predicted molar refractivity (Wildman–Crippen MR) is 104 cm³/mol. The van der Waals surface area contributed by atoms with Crippen molar-refractivity contribution in [3.63, 3.8) is 0 Å². The summed E-state index contributed by atoms with van der Waals surface area (Å²) in [7, 11) is -3.67. The number of nitrogens with zero attached hydrogens (tertiary/aromatic N) is 1. The van der Waals surface area contributed by atoms with E-state index in [9.17, 15) is 22.4 Å². The fraction of sp³-hybridized carbons (Fsp3) is 0.300. The molecule has 1 aliphatic heterocycles. The van der Waals surface area contributed by atoms with E-state index < -0.39 is 33.8 Å². The molecule has 29 heavy (non-hydrogen) atoms. The van der Waals surface area contributed by atoms with Gasteiger partial charge in [0.15, 0.2) is 6.10 Å². The lowest BCUT2D eigenvalue weighted by molar-refractivity contribution is -0.123. The van der Waals surface area contributed by atoms with Crippen LogP contribution in [0.25, 0.3) is 0 Å². The minimum absolute atomic E-state index is 0.0114. The molecule has 7 nitrogen and oxygen atoms in total. The molecule has 1 heterocycles. The molecule has 0 bridgehead atoms.